The Balaban J connectivity index is 2.63. The average molecular weight is 264 g/mol. The van der Waals surface area contributed by atoms with Crippen LogP contribution in [0.25, 0.3) is 0 Å². The van der Waals surface area contributed by atoms with Gasteiger partial charge in [0.05, 0.1) is 5.69 Å². The summed E-state index contributed by atoms with van der Waals surface area (Å²) in [5, 5.41) is 1.23. The second-order valence-electron chi connectivity index (χ2n) is 7.13. The highest BCUT2D eigenvalue weighted by Gasteiger charge is 2.28. The molecule has 1 aliphatic heterocycles. The van der Waals surface area contributed by atoms with Crippen molar-refractivity contribution in [2.75, 3.05) is 5.75 Å². The van der Waals surface area contributed by atoms with E-state index in [9.17, 15) is 0 Å². The molecule has 0 aliphatic carbocycles. The minimum Gasteiger partial charge on any atom is -0.236 e. The van der Waals surface area contributed by atoms with Crippen LogP contribution < -0.4 is 0 Å². The standard InChI is InChI=1S/C15H24N2S/c1-14(2,3)11-10-8-7-9-18-12(10)17-13(16-11)15(4,5)6/h7-9H2,1-6H3. The molecule has 1 aliphatic rings. The fourth-order valence-electron chi connectivity index (χ4n) is 2.18. The van der Waals surface area contributed by atoms with Crippen molar-refractivity contribution in [3.05, 3.63) is 17.1 Å². The van der Waals surface area contributed by atoms with Gasteiger partial charge in [0, 0.05) is 16.4 Å². The van der Waals surface area contributed by atoms with E-state index in [4.69, 9.17) is 9.97 Å². The number of nitrogens with zero attached hydrogens (tertiary/aromatic N) is 2. The lowest BCUT2D eigenvalue weighted by Crippen LogP contribution is -2.25. The number of hydrogen-bond donors (Lipinski definition) is 0. The Morgan fingerprint density at radius 2 is 1.61 bits per heavy atom. The van der Waals surface area contributed by atoms with Gasteiger partial charge >= 0.3 is 0 Å². The van der Waals surface area contributed by atoms with E-state index in [0.717, 1.165) is 12.2 Å². The van der Waals surface area contributed by atoms with Gasteiger partial charge in [-0.25, -0.2) is 9.97 Å². The van der Waals surface area contributed by atoms with Gasteiger partial charge in [-0.15, -0.1) is 11.8 Å². The number of aromatic nitrogens is 2. The minimum atomic E-state index is 0.0209. The lowest BCUT2D eigenvalue weighted by molar-refractivity contribution is 0.496. The highest BCUT2D eigenvalue weighted by Crippen LogP contribution is 2.36. The van der Waals surface area contributed by atoms with Gasteiger partial charge in [0.25, 0.3) is 0 Å². The summed E-state index contributed by atoms with van der Waals surface area (Å²) in [5.41, 5.74) is 2.77. The van der Waals surface area contributed by atoms with Crippen LogP contribution in [-0.2, 0) is 17.3 Å². The Morgan fingerprint density at radius 1 is 0.944 bits per heavy atom. The molecule has 0 amide bonds. The molecule has 0 atom stereocenters. The van der Waals surface area contributed by atoms with Gasteiger partial charge in [0.2, 0.25) is 0 Å². The van der Waals surface area contributed by atoms with Gasteiger partial charge in [-0.3, -0.25) is 0 Å². The zero-order valence-corrected chi connectivity index (χ0v) is 13.2. The SMILES string of the molecule is CC(C)(C)c1nc2c(c(C(C)(C)C)n1)CCCS2. The summed E-state index contributed by atoms with van der Waals surface area (Å²) in [4.78, 5) is 9.71. The summed E-state index contributed by atoms with van der Waals surface area (Å²) in [7, 11) is 0. The summed E-state index contributed by atoms with van der Waals surface area (Å²) in [6.45, 7) is 13.3. The fourth-order valence-corrected chi connectivity index (χ4v) is 3.19. The van der Waals surface area contributed by atoms with Crippen LogP contribution in [0.3, 0.4) is 0 Å². The first-order chi connectivity index (χ1) is 8.19. The maximum Gasteiger partial charge on any atom is 0.135 e. The molecular formula is C15H24N2S. The van der Waals surface area contributed by atoms with Crippen LogP contribution >= 0.6 is 11.8 Å². The van der Waals surface area contributed by atoms with Crippen molar-refractivity contribution in [3.63, 3.8) is 0 Å². The molecule has 3 heteroatoms. The van der Waals surface area contributed by atoms with Crippen molar-refractivity contribution in [3.8, 4) is 0 Å². The van der Waals surface area contributed by atoms with Crippen LogP contribution in [0.5, 0.6) is 0 Å². The Bertz CT molecular complexity index is 453. The van der Waals surface area contributed by atoms with E-state index in [1.54, 1.807) is 0 Å². The number of fused-ring (bicyclic) bond motifs is 1. The first-order valence-electron chi connectivity index (χ1n) is 6.74. The third-order valence-corrected chi connectivity index (χ3v) is 4.26. The van der Waals surface area contributed by atoms with Crippen LogP contribution in [0.4, 0.5) is 0 Å². The third kappa shape index (κ3) is 2.71. The lowest BCUT2D eigenvalue weighted by Gasteiger charge is -2.28. The molecule has 100 valence electrons. The number of rotatable bonds is 0. The summed E-state index contributed by atoms with van der Waals surface area (Å²) in [5.74, 6) is 2.18. The molecule has 2 heterocycles. The molecule has 0 saturated heterocycles. The molecule has 0 N–H and O–H groups in total. The van der Waals surface area contributed by atoms with Gasteiger partial charge < -0.3 is 0 Å². The highest BCUT2D eigenvalue weighted by atomic mass is 32.2. The predicted octanol–water partition coefficient (Wildman–Crippen LogP) is 4.11. The van der Waals surface area contributed by atoms with E-state index in [1.807, 2.05) is 11.8 Å². The van der Waals surface area contributed by atoms with E-state index in [1.165, 1.54) is 28.5 Å². The second kappa shape index (κ2) is 4.52. The first kappa shape index (κ1) is 13.9. The lowest BCUT2D eigenvalue weighted by atomic mass is 9.86. The van der Waals surface area contributed by atoms with Gasteiger partial charge in [0.15, 0.2) is 0 Å². The normalized spacial score (nSPS) is 16.6. The molecule has 0 bridgehead atoms. The Kier molecular flexibility index (Phi) is 3.48. The smallest absolute Gasteiger partial charge is 0.135 e. The molecule has 2 rings (SSSR count). The van der Waals surface area contributed by atoms with Gasteiger partial charge in [-0.05, 0) is 18.6 Å². The Hall–Kier alpha value is -0.570. The largest absolute Gasteiger partial charge is 0.236 e. The molecule has 2 nitrogen and oxygen atoms in total. The molecule has 0 unspecified atom stereocenters. The molecular weight excluding hydrogens is 240 g/mol. The average Bonchev–Trinajstić information content (AvgIpc) is 2.25. The Morgan fingerprint density at radius 3 is 2.17 bits per heavy atom. The fraction of sp³-hybridized carbons (Fsp3) is 0.733. The van der Waals surface area contributed by atoms with Gasteiger partial charge in [-0.2, -0.15) is 0 Å². The second-order valence-corrected chi connectivity index (χ2v) is 8.22. The first-order valence-corrected chi connectivity index (χ1v) is 7.73. The molecule has 0 saturated carbocycles. The van der Waals surface area contributed by atoms with Crippen molar-refractivity contribution in [1.29, 1.82) is 0 Å². The molecule has 0 fully saturated rings. The van der Waals surface area contributed by atoms with Gasteiger partial charge in [-0.1, -0.05) is 41.5 Å². The van der Waals surface area contributed by atoms with Crippen LogP contribution in [-0.4, -0.2) is 15.7 Å². The minimum absolute atomic E-state index is 0.0209. The third-order valence-electron chi connectivity index (χ3n) is 3.16. The molecule has 0 radical (unpaired) electrons. The van der Waals surface area contributed by atoms with Crippen molar-refractivity contribution >= 4 is 11.8 Å². The quantitative estimate of drug-likeness (QED) is 0.659. The van der Waals surface area contributed by atoms with Crippen molar-refractivity contribution in [1.82, 2.24) is 9.97 Å². The maximum absolute atomic E-state index is 4.90. The number of thioether (sulfide) groups is 1. The van der Waals surface area contributed by atoms with Gasteiger partial charge in [0.1, 0.15) is 10.9 Å². The highest BCUT2D eigenvalue weighted by molar-refractivity contribution is 7.99. The van der Waals surface area contributed by atoms with Crippen molar-refractivity contribution < 1.29 is 0 Å². The maximum atomic E-state index is 4.90. The Labute approximate surface area is 115 Å². The number of hydrogen-bond acceptors (Lipinski definition) is 3. The van der Waals surface area contributed by atoms with E-state index >= 15 is 0 Å². The predicted molar refractivity (Wildman–Crippen MR) is 78.5 cm³/mol. The summed E-state index contributed by atoms with van der Waals surface area (Å²) >= 11 is 1.90. The molecule has 1 aromatic heterocycles. The summed E-state index contributed by atoms with van der Waals surface area (Å²) in [6, 6.07) is 0. The van der Waals surface area contributed by atoms with E-state index in [-0.39, 0.29) is 10.8 Å². The van der Waals surface area contributed by atoms with E-state index in [2.05, 4.69) is 41.5 Å². The van der Waals surface area contributed by atoms with Crippen LogP contribution in [0.2, 0.25) is 0 Å². The summed E-state index contributed by atoms with van der Waals surface area (Å²) < 4.78 is 0. The molecule has 18 heavy (non-hydrogen) atoms. The van der Waals surface area contributed by atoms with Crippen LogP contribution in [0.15, 0.2) is 5.03 Å². The van der Waals surface area contributed by atoms with Crippen LogP contribution in [0, 0.1) is 0 Å². The topological polar surface area (TPSA) is 25.8 Å². The molecule has 0 spiro atoms. The van der Waals surface area contributed by atoms with E-state index in [0.29, 0.717) is 0 Å². The zero-order chi connectivity index (χ0) is 13.6. The van der Waals surface area contributed by atoms with Crippen molar-refractivity contribution in [2.45, 2.75) is 70.2 Å². The monoisotopic (exact) mass is 264 g/mol. The zero-order valence-electron chi connectivity index (χ0n) is 12.4. The van der Waals surface area contributed by atoms with Crippen LogP contribution in [0.1, 0.15) is 65.0 Å². The van der Waals surface area contributed by atoms with E-state index < -0.39 is 0 Å². The summed E-state index contributed by atoms with van der Waals surface area (Å²) in [6.07, 6.45) is 2.39. The van der Waals surface area contributed by atoms with Crippen molar-refractivity contribution in [2.24, 2.45) is 0 Å². The molecule has 1 aromatic rings. The molecule has 0 aromatic carbocycles.